The molecule has 0 saturated carbocycles. The van der Waals surface area contributed by atoms with Crippen LogP contribution >= 0.6 is 0 Å². The fourth-order valence-corrected chi connectivity index (χ4v) is 8.54. The Morgan fingerprint density at radius 3 is 1.40 bits per heavy atom. The van der Waals surface area contributed by atoms with E-state index in [1.165, 1.54) is 54.2 Å². The van der Waals surface area contributed by atoms with E-state index < -0.39 is 0 Å². The summed E-state index contributed by atoms with van der Waals surface area (Å²) < 4.78 is 0. The average molecular weight is 738 g/mol. The van der Waals surface area contributed by atoms with Crippen molar-refractivity contribution in [2.24, 2.45) is 0 Å². The summed E-state index contributed by atoms with van der Waals surface area (Å²) in [5.41, 5.74) is 11.8. The summed E-state index contributed by atoms with van der Waals surface area (Å²) in [6.07, 6.45) is 3.65. The molecular formula is C55H35N3. The minimum absolute atomic E-state index is 0.699. The molecule has 11 aromatic rings. The smallest absolute Gasteiger partial charge is 0.160 e. The fourth-order valence-electron chi connectivity index (χ4n) is 8.54. The van der Waals surface area contributed by atoms with Gasteiger partial charge in [-0.3, -0.25) is 4.98 Å². The van der Waals surface area contributed by atoms with Gasteiger partial charge in [0.15, 0.2) is 5.82 Å². The molecule has 0 bridgehead atoms. The molecule has 0 amide bonds. The van der Waals surface area contributed by atoms with Crippen LogP contribution < -0.4 is 0 Å². The molecule has 0 aliphatic heterocycles. The van der Waals surface area contributed by atoms with E-state index in [4.69, 9.17) is 9.97 Å². The summed E-state index contributed by atoms with van der Waals surface area (Å²) in [6.45, 7) is 0. The highest BCUT2D eigenvalue weighted by atomic mass is 14.9. The van der Waals surface area contributed by atoms with Crippen molar-refractivity contribution in [3.8, 4) is 67.3 Å². The minimum Gasteiger partial charge on any atom is -0.265 e. The Balaban J connectivity index is 0.965. The van der Waals surface area contributed by atoms with E-state index in [-0.39, 0.29) is 0 Å². The Hall–Kier alpha value is -7.75. The van der Waals surface area contributed by atoms with E-state index in [9.17, 15) is 0 Å². The molecule has 2 aromatic heterocycles. The lowest BCUT2D eigenvalue weighted by atomic mass is 9.87. The van der Waals surface area contributed by atoms with Crippen LogP contribution in [0.1, 0.15) is 0 Å². The summed E-state index contributed by atoms with van der Waals surface area (Å²) >= 11 is 0. The van der Waals surface area contributed by atoms with Crippen molar-refractivity contribution in [3.05, 3.63) is 213 Å². The van der Waals surface area contributed by atoms with Gasteiger partial charge in [-0.15, -0.1) is 0 Å². The first-order chi connectivity index (χ1) is 28.7. The lowest BCUT2D eigenvalue weighted by Crippen LogP contribution is -1.96. The van der Waals surface area contributed by atoms with Crippen molar-refractivity contribution in [3.63, 3.8) is 0 Å². The minimum atomic E-state index is 0.699. The third-order valence-corrected chi connectivity index (χ3v) is 11.4. The zero-order chi connectivity index (χ0) is 38.4. The first-order valence-electron chi connectivity index (χ1n) is 19.7. The van der Waals surface area contributed by atoms with Crippen LogP contribution in [0, 0.1) is 0 Å². The third kappa shape index (κ3) is 5.89. The summed E-state index contributed by atoms with van der Waals surface area (Å²) in [5, 5.41) is 10.3. The standard InChI is InChI=1S/C55H35N3/c1-2-11-41(12-3-1)55-57-52(35-53(58-55)43-14-10-13-42(33-43)38-29-31-56-32-30-38)40-27-23-37(24-28-40)36-21-25-39(26-22-36)50-34-51-46-17-5-4-15-44(46)45-16-6-8-19-48(45)54(51)49-20-9-7-18-47(49)50/h1-35H. The SMILES string of the molecule is c1ccc(-c2nc(-c3ccc(-c4ccc(-c5cc6c7ccccc7c7ccccc7c6c6ccccc56)cc4)cc3)cc(-c3cccc(-c4ccncc4)c3)n2)cc1. The Kier molecular flexibility index (Phi) is 8.15. The molecule has 0 fully saturated rings. The van der Waals surface area contributed by atoms with Crippen LogP contribution in [0.2, 0.25) is 0 Å². The number of pyridine rings is 1. The molecule has 0 aliphatic rings. The van der Waals surface area contributed by atoms with Gasteiger partial charge in [0, 0.05) is 29.1 Å². The highest BCUT2D eigenvalue weighted by Crippen LogP contribution is 2.43. The molecule has 2 heterocycles. The zero-order valence-corrected chi connectivity index (χ0v) is 31.5. The van der Waals surface area contributed by atoms with Gasteiger partial charge in [-0.2, -0.15) is 0 Å². The zero-order valence-electron chi connectivity index (χ0n) is 31.5. The van der Waals surface area contributed by atoms with Crippen LogP contribution in [-0.2, 0) is 0 Å². The summed E-state index contributed by atoms with van der Waals surface area (Å²) in [6, 6.07) is 71.5. The lowest BCUT2D eigenvalue weighted by Gasteiger charge is -2.16. The number of hydrogen-bond donors (Lipinski definition) is 0. The molecule has 0 unspecified atom stereocenters. The quantitative estimate of drug-likeness (QED) is 0.160. The van der Waals surface area contributed by atoms with E-state index in [1.807, 2.05) is 42.7 Å². The summed E-state index contributed by atoms with van der Waals surface area (Å²) in [7, 11) is 0. The van der Waals surface area contributed by atoms with Crippen LogP contribution in [0.5, 0.6) is 0 Å². The van der Waals surface area contributed by atoms with E-state index in [2.05, 4.69) is 175 Å². The molecule has 270 valence electrons. The van der Waals surface area contributed by atoms with Gasteiger partial charge in [-0.25, -0.2) is 9.97 Å². The molecule has 0 saturated heterocycles. The van der Waals surface area contributed by atoms with Crippen LogP contribution in [0.15, 0.2) is 213 Å². The van der Waals surface area contributed by atoms with E-state index in [1.54, 1.807) is 0 Å². The van der Waals surface area contributed by atoms with Crippen molar-refractivity contribution in [2.45, 2.75) is 0 Å². The maximum atomic E-state index is 5.09. The van der Waals surface area contributed by atoms with Crippen LogP contribution in [0.25, 0.3) is 110 Å². The normalized spacial score (nSPS) is 11.4. The Bertz CT molecular complexity index is 3300. The predicted molar refractivity (Wildman–Crippen MR) is 242 cm³/mol. The van der Waals surface area contributed by atoms with Crippen molar-refractivity contribution in [2.75, 3.05) is 0 Å². The monoisotopic (exact) mass is 737 g/mol. The van der Waals surface area contributed by atoms with Crippen molar-refractivity contribution in [1.29, 1.82) is 0 Å². The van der Waals surface area contributed by atoms with Crippen molar-refractivity contribution >= 4 is 43.1 Å². The van der Waals surface area contributed by atoms with Gasteiger partial charge in [0.05, 0.1) is 11.4 Å². The van der Waals surface area contributed by atoms with Gasteiger partial charge in [0.1, 0.15) is 0 Å². The number of hydrogen-bond acceptors (Lipinski definition) is 3. The Morgan fingerprint density at radius 1 is 0.259 bits per heavy atom. The number of fused-ring (bicyclic) bond motifs is 8. The molecular weight excluding hydrogens is 703 g/mol. The lowest BCUT2D eigenvalue weighted by molar-refractivity contribution is 1.18. The predicted octanol–water partition coefficient (Wildman–Crippen LogP) is 14.5. The number of nitrogens with zero attached hydrogens (tertiary/aromatic N) is 3. The molecule has 3 heteroatoms. The maximum Gasteiger partial charge on any atom is 0.160 e. The first-order valence-corrected chi connectivity index (χ1v) is 19.7. The summed E-state index contributed by atoms with van der Waals surface area (Å²) in [4.78, 5) is 14.4. The van der Waals surface area contributed by atoms with E-state index >= 15 is 0 Å². The third-order valence-electron chi connectivity index (χ3n) is 11.4. The topological polar surface area (TPSA) is 38.7 Å². The van der Waals surface area contributed by atoms with Crippen molar-refractivity contribution in [1.82, 2.24) is 15.0 Å². The molecule has 0 atom stereocenters. The molecule has 0 radical (unpaired) electrons. The second-order valence-corrected chi connectivity index (χ2v) is 14.8. The highest BCUT2D eigenvalue weighted by molar-refractivity contribution is 6.33. The fraction of sp³-hybridized carbons (Fsp3) is 0. The molecule has 0 aliphatic carbocycles. The molecule has 0 N–H and O–H groups in total. The van der Waals surface area contributed by atoms with E-state index in [0.29, 0.717) is 5.82 Å². The van der Waals surface area contributed by atoms with Gasteiger partial charge in [0.2, 0.25) is 0 Å². The number of aromatic nitrogens is 3. The van der Waals surface area contributed by atoms with Gasteiger partial charge < -0.3 is 0 Å². The average Bonchev–Trinajstić information content (AvgIpc) is 3.32. The molecule has 58 heavy (non-hydrogen) atoms. The number of benzene rings is 9. The maximum absolute atomic E-state index is 5.09. The molecule has 3 nitrogen and oxygen atoms in total. The largest absolute Gasteiger partial charge is 0.265 e. The molecule has 0 spiro atoms. The van der Waals surface area contributed by atoms with Crippen LogP contribution in [0.3, 0.4) is 0 Å². The molecule has 11 rings (SSSR count). The first kappa shape index (κ1) is 33.6. The Labute approximate surface area is 336 Å². The van der Waals surface area contributed by atoms with Gasteiger partial charge in [-0.05, 0) is 107 Å². The number of rotatable bonds is 6. The molecule has 9 aromatic carbocycles. The van der Waals surface area contributed by atoms with E-state index in [0.717, 1.165) is 50.3 Å². The van der Waals surface area contributed by atoms with Gasteiger partial charge in [-0.1, -0.05) is 170 Å². The second kappa shape index (κ2) is 14.1. The van der Waals surface area contributed by atoms with Crippen LogP contribution in [-0.4, -0.2) is 15.0 Å². The van der Waals surface area contributed by atoms with Crippen LogP contribution in [0.4, 0.5) is 0 Å². The highest BCUT2D eigenvalue weighted by Gasteiger charge is 2.16. The van der Waals surface area contributed by atoms with Gasteiger partial charge >= 0.3 is 0 Å². The van der Waals surface area contributed by atoms with Gasteiger partial charge in [0.25, 0.3) is 0 Å². The summed E-state index contributed by atoms with van der Waals surface area (Å²) in [5.74, 6) is 0.699. The second-order valence-electron chi connectivity index (χ2n) is 14.8. The Morgan fingerprint density at radius 2 is 0.724 bits per heavy atom. The van der Waals surface area contributed by atoms with Crippen molar-refractivity contribution < 1.29 is 0 Å².